The number of aryl methyl sites for hydroxylation is 1. The molecule has 1 saturated heterocycles. The quantitative estimate of drug-likeness (QED) is 0.692. The molecule has 1 aliphatic rings. The maximum Gasteiger partial charge on any atom is 0.255 e. The number of morpholine rings is 1. The third kappa shape index (κ3) is 6.38. The Balaban J connectivity index is 1.70. The molecule has 1 fully saturated rings. The SMILES string of the molecule is Cc1csc(NC(=O)CN(CCN2CCOCC2)C(=O)c2ccc(Cl)cc2Cl)n1. The van der Waals surface area contributed by atoms with Crippen LogP contribution in [0.25, 0.3) is 0 Å². The van der Waals surface area contributed by atoms with E-state index in [-0.39, 0.29) is 23.4 Å². The molecule has 29 heavy (non-hydrogen) atoms. The lowest BCUT2D eigenvalue weighted by Gasteiger charge is -2.30. The van der Waals surface area contributed by atoms with E-state index in [9.17, 15) is 9.59 Å². The van der Waals surface area contributed by atoms with E-state index in [1.54, 1.807) is 12.1 Å². The van der Waals surface area contributed by atoms with Crippen LogP contribution in [-0.2, 0) is 9.53 Å². The molecular formula is C19H22Cl2N4O3S. The van der Waals surface area contributed by atoms with Gasteiger partial charge in [0, 0.05) is 36.6 Å². The van der Waals surface area contributed by atoms with Gasteiger partial charge in [-0.1, -0.05) is 23.2 Å². The average Bonchev–Trinajstić information content (AvgIpc) is 3.10. The predicted octanol–water partition coefficient (Wildman–Crippen LogP) is 3.17. The van der Waals surface area contributed by atoms with Gasteiger partial charge in [0.2, 0.25) is 5.91 Å². The van der Waals surface area contributed by atoms with Crippen molar-refractivity contribution in [3.05, 3.63) is 44.9 Å². The molecule has 0 bridgehead atoms. The zero-order chi connectivity index (χ0) is 20.8. The highest BCUT2D eigenvalue weighted by Crippen LogP contribution is 2.22. The number of amides is 2. The first-order valence-corrected chi connectivity index (χ1v) is 10.8. The minimum absolute atomic E-state index is 0.0965. The molecule has 0 radical (unpaired) electrons. The van der Waals surface area contributed by atoms with Gasteiger partial charge in [-0.2, -0.15) is 0 Å². The Labute approximate surface area is 183 Å². The topological polar surface area (TPSA) is 74.8 Å². The molecule has 2 aromatic rings. The fourth-order valence-electron chi connectivity index (χ4n) is 2.92. The van der Waals surface area contributed by atoms with Gasteiger partial charge >= 0.3 is 0 Å². The molecule has 1 aromatic carbocycles. The number of carbonyl (C=O) groups excluding carboxylic acids is 2. The van der Waals surface area contributed by atoms with Crippen molar-refractivity contribution >= 4 is 51.5 Å². The van der Waals surface area contributed by atoms with Gasteiger partial charge in [-0.25, -0.2) is 4.98 Å². The van der Waals surface area contributed by atoms with Gasteiger partial charge in [0.25, 0.3) is 5.91 Å². The summed E-state index contributed by atoms with van der Waals surface area (Å²) in [5, 5.41) is 5.82. The number of benzene rings is 1. The van der Waals surface area contributed by atoms with Crippen molar-refractivity contribution in [3.63, 3.8) is 0 Å². The van der Waals surface area contributed by atoms with Crippen LogP contribution in [0, 0.1) is 6.92 Å². The first-order valence-electron chi connectivity index (χ1n) is 9.19. The third-order valence-electron chi connectivity index (χ3n) is 4.44. The number of hydrogen-bond donors (Lipinski definition) is 1. The highest BCUT2D eigenvalue weighted by Gasteiger charge is 2.23. The van der Waals surface area contributed by atoms with E-state index >= 15 is 0 Å². The first-order chi connectivity index (χ1) is 13.9. The molecule has 3 rings (SSSR count). The summed E-state index contributed by atoms with van der Waals surface area (Å²) < 4.78 is 5.36. The van der Waals surface area contributed by atoms with E-state index in [1.165, 1.54) is 22.3 Å². The van der Waals surface area contributed by atoms with Crippen LogP contribution >= 0.6 is 34.5 Å². The van der Waals surface area contributed by atoms with Crippen molar-refractivity contribution in [2.75, 3.05) is 51.3 Å². The number of aromatic nitrogens is 1. The van der Waals surface area contributed by atoms with Gasteiger partial charge in [-0.15, -0.1) is 11.3 Å². The largest absolute Gasteiger partial charge is 0.379 e. The van der Waals surface area contributed by atoms with Gasteiger partial charge in [-0.05, 0) is 25.1 Å². The second-order valence-corrected chi connectivity index (χ2v) is 8.35. The van der Waals surface area contributed by atoms with Crippen LogP contribution in [0.2, 0.25) is 10.0 Å². The van der Waals surface area contributed by atoms with Crippen LogP contribution in [0.5, 0.6) is 0 Å². The molecule has 1 aliphatic heterocycles. The molecule has 0 aliphatic carbocycles. The maximum atomic E-state index is 13.1. The fourth-order valence-corrected chi connectivity index (χ4v) is 4.11. The molecule has 0 saturated carbocycles. The molecule has 0 spiro atoms. The summed E-state index contributed by atoms with van der Waals surface area (Å²) in [6.07, 6.45) is 0. The lowest BCUT2D eigenvalue weighted by Crippen LogP contribution is -2.45. The average molecular weight is 457 g/mol. The number of anilines is 1. The van der Waals surface area contributed by atoms with Crippen LogP contribution in [0.1, 0.15) is 16.1 Å². The van der Waals surface area contributed by atoms with Gasteiger partial charge in [0.15, 0.2) is 5.13 Å². The predicted molar refractivity (Wildman–Crippen MR) is 115 cm³/mol. The molecule has 0 unspecified atom stereocenters. The summed E-state index contributed by atoms with van der Waals surface area (Å²) in [5.74, 6) is -0.620. The molecule has 2 heterocycles. The van der Waals surface area contributed by atoms with E-state index in [0.29, 0.717) is 42.0 Å². The Kier molecular flexibility index (Phi) is 7.85. The van der Waals surface area contributed by atoms with Crippen molar-refractivity contribution in [1.82, 2.24) is 14.8 Å². The number of hydrogen-bond acceptors (Lipinski definition) is 6. The second kappa shape index (κ2) is 10.4. The van der Waals surface area contributed by atoms with Crippen molar-refractivity contribution in [1.29, 1.82) is 0 Å². The van der Waals surface area contributed by atoms with Gasteiger partial charge < -0.3 is 15.0 Å². The van der Waals surface area contributed by atoms with E-state index in [2.05, 4.69) is 15.2 Å². The Morgan fingerprint density at radius 2 is 2.07 bits per heavy atom. The van der Waals surface area contributed by atoms with Crippen molar-refractivity contribution in [2.45, 2.75) is 6.92 Å². The van der Waals surface area contributed by atoms with Gasteiger partial charge in [0.05, 0.1) is 29.5 Å². The summed E-state index contributed by atoms with van der Waals surface area (Å²) >= 11 is 13.5. The van der Waals surface area contributed by atoms with Crippen LogP contribution in [0.3, 0.4) is 0 Å². The van der Waals surface area contributed by atoms with E-state index in [4.69, 9.17) is 27.9 Å². The number of carbonyl (C=O) groups is 2. The Hall–Kier alpha value is -1.71. The summed E-state index contributed by atoms with van der Waals surface area (Å²) in [6.45, 7) is 5.73. The molecule has 156 valence electrons. The summed E-state index contributed by atoms with van der Waals surface area (Å²) in [6, 6.07) is 4.71. The lowest BCUT2D eigenvalue weighted by molar-refractivity contribution is -0.117. The summed E-state index contributed by atoms with van der Waals surface area (Å²) in [5.41, 5.74) is 1.15. The minimum Gasteiger partial charge on any atom is -0.379 e. The summed E-state index contributed by atoms with van der Waals surface area (Å²) in [7, 11) is 0. The highest BCUT2D eigenvalue weighted by molar-refractivity contribution is 7.13. The van der Waals surface area contributed by atoms with Gasteiger partial charge in [0.1, 0.15) is 6.54 Å². The van der Waals surface area contributed by atoms with Crippen LogP contribution in [-0.4, -0.2) is 72.5 Å². The first kappa shape index (κ1) is 22.0. The molecule has 10 heteroatoms. The highest BCUT2D eigenvalue weighted by atomic mass is 35.5. The van der Waals surface area contributed by atoms with Gasteiger partial charge in [-0.3, -0.25) is 14.5 Å². The van der Waals surface area contributed by atoms with Crippen molar-refractivity contribution < 1.29 is 14.3 Å². The number of nitrogens with zero attached hydrogens (tertiary/aromatic N) is 3. The van der Waals surface area contributed by atoms with E-state index in [0.717, 1.165) is 18.8 Å². The van der Waals surface area contributed by atoms with Crippen molar-refractivity contribution in [2.24, 2.45) is 0 Å². The molecule has 2 amide bonds. The van der Waals surface area contributed by atoms with E-state index < -0.39 is 0 Å². The summed E-state index contributed by atoms with van der Waals surface area (Å²) in [4.78, 5) is 33.6. The number of ether oxygens (including phenoxy) is 1. The minimum atomic E-state index is -0.314. The monoisotopic (exact) mass is 456 g/mol. The normalized spacial score (nSPS) is 14.6. The Morgan fingerprint density at radius 3 is 2.72 bits per heavy atom. The van der Waals surface area contributed by atoms with Crippen LogP contribution in [0.15, 0.2) is 23.6 Å². The van der Waals surface area contributed by atoms with Crippen molar-refractivity contribution in [3.8, 4) is 0 Å². The lowest BCUT2D eigenvalue weighted by atomic mass is 10.2. The molecule has 1 aromatic heterocycles. The van der Waals surface area contributed by atoms with E-state index in [1.807, 2.05) is 12.3 Å². The zero-order valence-corrected chi connectivity index (χ0v) is 18.3. The number of rotatable bonds is 7. The number of thiazole rings is 1. The molecular weight excluding hydrogens is 435 g/mol. The Bertz CT molecular complexity index is 871. The number of halogens is 2. The fraction of sp³-hybridized carbons (Fsp3) is 0.421. The molecule has 0 atom stereocenters. The molecule has 1 N–H and O–H groups in total. The molecule has 7 nitrogen and oxygen atoms in total. The Morgan fingerprint density at radius 1 is 1.31 bits per heavy atom. The third-order valence-corrected chi connectivity index (χ3v) is 5.86. The van der Waals surface area contributed by atoms with Crippen LogP contribution < -0.4 is 5.32 Å². The standard InChI is InChI=1S/C19H22Cl2N4O3S/c1-13-12-29-19(22-13)23-17(26)11-25(5-4-24-6-8-28-9-7-24)18(27)15-3-2-14(20)10-16(15)21/h2-3,10,12H,4-9,11H2,1H3,(H,22,23,26). The second-order valence-electron chi connectivity index (χ2n) is 6.65. The smallest absolute Gasteiger partial charge is 0.255 e. The number of nitrogens with one attached hydrogen (secondary N) is 1. The van der Waals surface area contributed by atoms with Crippen LogP contribution in [0.4, 0.5) is 5.13 Å². The zero-order valence-electron chi connectivity index (χ0n) is 16.0. The maximum absolute atomic E-state index is 13.1.